The van der Waals surface area contributed by atoms with E-state index in [9.17, 15) is 14.4 Å². The molecule has 6 rings (SSSR count). The summed E-state index contributed by atoms with van der Waals surface area (Å²) in [5.41, 5.74) is 1.59. The average molecular weight is 771 g/mol. The summed E-state index contributed by atoms with van der Waals surface area (Å²) in [7, 11) is 7.61. The van der Waals surface area contributed by atoms with E-state index in [2.05, 4.69) is 5.32 Å². The van der Waals surface area contributed by atoms with Gasteiger partial charge in [-0.1, -0.05) is 49.5 Å². The number of rotatable bonds is 13. The van der Waals surface area contributed by atoms with Gasteiger partial charge in [0.1, 0.15) is 11.9 Å². The maximum Gasteiger partial charge on any atom is 0.254 e. The molecule has 14 nitrogen and oxygen atoms in total. The highest BCUT2D eigenvalue weighted by molar-refractivity contribution is 7.80. The van der Waals surface area contributed by atoms with E-state index in [0.29, 0.717) is 107 Å². The van der Waals surface area contributed by atoms with Gasteiger partial charge < -0.3 is 43.7 Å². The van der Waals surface area contributed by atoms with Crippen LogP contribution in [0.3, 0.4) is 0 Å². The quantitative estimate of drug-likeness (QED) is 0.139. The van der Waals surface area contributed by atoms with Crippen molar-refractivity contribution in [3.05, 3.63) is 65.7 Å². The first-order valence-corrected chi connectivity index (χ1v) is 18.5. The number of Topliss-reactive ketones (excluding diaryl/α,β-unsaturated/α-hetero) is 1. The van der Waals surface area contributed by atoms with Crippen LogP contribution in [0, 0.1) is 5.92 Å². The number of methoxy groups -OCH3 is 5. The Kier molecular flexibility index (Phi) is 12.2. The molecule has 290 valence electrons. The van der Waals surface area contributed by atoms with Crippen LogP contribution in [0.25, 0.3) is 10.9 Å². The van der Waals surface area contributed by atoms with Gasteiger partial charge >= 0.3 is 0 Å². The number of carbonyl (C=O) groups excluding carboxylic acids is 3. The van der Waals surface area contributed by atoms with Gasteiger partial charge in [-0.05, 0) is 31.0 Å². The molecule has 2 saturated heterocycles. The molecule has 1 N–H and O–H groups in total. The number of aromatic nitrogens is 2. The Labute approximate surface area is 325 Å². The summed E-state index contributed by atoms with van der Waals surface area (Å²) in [5.74, 6) is 2.16. The molecule has 2 amide bonds. The second kappa shape index (κ2) is 17.2. The number of piperazine rings is 1. The standard InChI is InChI=1S/C40H46N6O8S/c1-24(19-30(47)25-11-8-7-9-12-25)39(55)46-14-10-13-29(46)37(48)42-36-27-22-31(50-2)32(51-3)23-28(27)41-40(43-36)45-17-15-44(16-18-45)38(49)26-20-33(52-4)35(54-6)34(21-26)53-5/h7-9,11-12,20-24,29H,10,13-19H2,1-6H3,(H,41,42,43,48)/t24?,29-/m1/s1. The third-order valence-corrected chi connectivity index (χ3v) is 10.7. The molecule has 2 aliphatic heterocycles. The van der Waals surface area contributed by atoms with Gasteiger partial charge in [0.05, 0.1) is 46.1 Å². The summed E-state index contributed by atoms with van der Waals surface area (Å²) in [5, 5.41) is 3.65. The zero-order valence-corrected chi connectivity index (χ0v) is 32.7. The van der Waals surface area contributed by atoms with Crippen molar-refractivity contribution in [3.8, 4) is 28.7 Å². The molecule has 1 aromatic heterocycles. The van der Waals surface area contributed by atoms with E-state index >= 15 is 0 Å². The Balaban J connectivity index is 1.22. The monoisotopic (exact) mass is 770 g/mol. The van der Waals surface area contributed by atoms with E-state index in [1.807, 2.05) is 34.9 Å². The minimum atomic E-state index is -0.542. The van der Waals surface area contributed by atoms with Gasteiger partial charge in [-0.15, -0.1) is 0 Å². The average Bonchev–Trinajstić information content (AvgIpc) is 3.72. The fourth-order valence-electron chi connectivity index (χ4n) is 7.07. The number of fused-ring (bicyclic) bond motifs is 1. The first kappa shape index (κ1) is 39.0. The maximum absolute atomic E-state index is 14.1. The number of ether oxygens (including phenoxy) is 5. The number of hydrogen-bond donors (Lipinski definition) is 1. The molecule has 0 radical (unpaired) electrons. The van der Waals surface area contributed by atoms with Crippen LogP contribution in [0.2, 0.25) is 0 Å². The maximum atomic E-state index is 14.1. The van der Waals surface area contributed by atoms with Crippen LogP contribution in [0.15, 0.2) is 54.6 Å². The summed E-state index contributed by atoms with van der Waals surface area (Å²) in [6.07, 6.45) is 1.62. The van der Waals surface area contributed by atoms with Crippen molar-refractivity contribution in [3.63, 3.8) is 0 Å². The number of thiocarbonyl (C=S) groups is 1. The molecule has 1 unspecified atom stereocenters. The van der Waals surface area contributed by atoms with Crippen molar-refractivity contribution in [2.75, 3.05) is 78.5 Å². The Bertz CT molecular complexity index is 2050. The van der Waals surface area contributed by atoms with Crippen LogP contribution >= 0.6 is 12.2 Å². The molecule has 55 heavy (non-hydrogen) atoms. The highest BCUT2D eigenvalue weighted by Gasteiger charge is 2.35. The normalized spacial score (nSPS) is 16.0. The fraction of sp³-hybridized carbons (Fsp3) is 0.400. The van der Waals surface area contributed by atoms with Crippen LogP contribution < -0.4 is 33.9 Å². The zero-order valence-electron chi connectivity index (χ0n) is 31.9. The van der Waals surface area contributed by atoms with Gasteiger partial charge in [-0.25, -0.2) is 4.98 Å². The molecular weight excluding hydrogens is 725 g/mol. The molecule has 2 aliphatic rings. The van der Waals surface area contributed by atoms with Crippen LogP contribution in [0.5, 0.6) is 28.7 Å². The summed E-state index contributed by atoms with van der Waals surface area (Å²) < 4.78 is 27.5. The van der Waals surface area contributed by atoms with Crippen LogP contribution in [-0.2, 0) is 4.79 Å². The highest BCUT2D eigenvalue weighted by Crippen LogP contribution is 2.39. The molecule has 0 bridgehead atoms. The smallest absolute Gasteiger partial charge is 0.254 e. The van der Waals surface area contributed by atoms with Crippen molar-refractivity contribution in [2.24, 2.45) is 5.92 Å². The number of ketones is 1. The number of benzene rings is 3. The van der Waals surface area contributed by atoms with Crippen LogP contribution in [0.4, 0.5) is 11.8 Å². The molecule has 15 heteroatoms. The fourth-order valence-corrected chi connectivity index (χ4v) is 7.37. The van der Waals surface area contributed by atoms with E-state index in [4.69, 9.17) is 45.9 Å². The number of anilines is 2. The first-order chi connectivity index (χ1) is 26.6. The van der Waals surface area contributed by atoms with E-state index in [-0.39, 0.29) is 29.9 Å². The lowest BCUT2D eigenvalue weighted by Gasteiger charge is -2.35. The van der Waals surface area contributed by atoms with E-state index in [1.165, 1.54) is 28.4 Å². The number of likely N-dealkylation sites (tertiary alicyclic amines) is 1. The lowest BCUT2D eigenvalue weighted by atomic mass is 9.99. The minimum absolute atomic E-state index is 0.00593. The molecule has 4 aromatic rings. The van der Waals surface area contributed by atoms with Crippen molar-refractivity contribution in [1.29, 1.82) is 0 Å². The van der Waals surface area contributed by atoms with E-state index < -0.39 is 6.04 Å². The van der Waals surface area contributed by atoms with Gasteiger partial charge in [0, 0.05) is 67.6 Å². The molecule has 2 fully saturated rings. The molecule has 0 saturated carbocycles. The molecule has 0 aliphatic carbocycles. The number of hydrogen-bond acceptors (Lipinski definition) is 12. The van der Waals surface area contributed by atoms with E-state index in [1.54, 1.807) is 48.4 Å². The van der Waals surface area contributed by atoms with E-state index in [0.717, 1.165) is 6.42 Å². The van der Waals surface area contributed by atoms with Crippen molar-refractivity contribution in [1.82, 2.24) is 19.8 Å². The summed E-state index contributed by atoms with van der Waals surface area (Å²) in [6.45, 7) is 4.20. The first-order valence-electron chi connectivity index (χ1n) is 18.1. The topological polar surface area (TPSA) is 145 Å². The Morgan fingerprint density at radius 2 is 1.44 bits per heavy atom. The predicted molar refractivity (Wildman–Crippen MR) is 212 cm³/mol. The van der Waals surface area contributed by atoms with Crippen molar-refractivity contribution in [2.45, 2.75) is 32.2 Å². The summed E-state index contributed by atoms with van der Waals surface area (Å²) in [6, 6.07) is 15.4. The van der Waals surface area contributed by atoms with Gasteiger partial charge in [0.15, 0.2) is 28.8 Å². The molecule has 3 aromatic carbocycles. The summed E-state index contributed by atoms with van der Waals surface area (Å²) >= 11 is 5.89. The van der Waals surface area contributed by atoms with Crippen LogP contribution in [0.1, 0.15) is 46.9 Å². The zero-order chi connectivity index (χ0) is 39.2. The van der Waals surface area contributed by atoms with Crippen LogP contribution in [-0.4, -0.2) is 117 Å². The van der Waals surface area contributed by atoms with Gasteiger partial charge in [0.25, 0.3) is 5.91 Å². The lowest BCUT2D eigenvalue weighted by Crippen LogP contribution is -2.49. The second-order valence-corrected chi connectivity index (χ2v) is 13.8. The number of nitrogens with one attached hydrogen (secondary N) is 1. The SMILES string of the molecule is COc1cc2nc(N3CCN(C(=O)c4cc(OC)c(OC)c(OC)c4)CC3)nc(NC(=O)[C@H]3CCCN3C(=S)C(C)CC(=O)c3ccccc3)c2cc1OC. The molecule has 2 atom stereocenters. The highest BCUT2D eigenvalue weighted by atomic mass is 32.1. The predicted octanol–water partition coefficient (Wildman–Crippen LogP) is 5.27. The van der Waals surface area contributed by atoms with Gasteiger partial charge in [-0.2, -0.15) is 4.98 Å². The summed E-state index contributed by atoms with van der Waals surface area (Å²) in [4.78, 5) is 56.7. The molecule has 3 heterocycles. The Morgan fingerprint density at radius 3 is 2.05 bits per heavy atom. The minimum Gasteiger partial charge on any atom is -0.493 e. The Hall–Kier alpha value is -5.70. The third-order valence-electron chi connectivity index (χ3n) is 10.0. The number of nitrogens with zero attached hydrogens (tertiary/aromatic N) is 5. The lowest BCUT2D eigenvalue weighted by molar-refractivity contribution is -0.119. The number of amides is 2. The second-order valence-electron chi connectivity index (χ2n) is 13.4. The largest absolute Gasteiger partial charge is 0.493 e. The third kappa shape index (κ3) is 8.21. The molecule has 0 spiro atoms. The van der Waals surface area contributed by atoms with Gasteiger partial charge in [-0.3, -0.25) is 14.4 Å². The van der Waals surface area contributed by atoms with Crippen molar-refractivity contribution < 1.29 is 38.1 Å². The van der Waals surface area contributed by atoms with Gasteiger partial charge in [0.2, 0.25) is 17.6 Å². The molecular formula is C40H46N6O8S. The number of carbonyl (C=O) groups is 3. The Morgan fingerprint density at radius 1 is 0.800 bits per heavy atom. The van der Waals surface area contributed by atoms with Crippen molar-refractivity contribution >= 4 is 57.5 Å².